The number of ketones is 1. The van der Waals surface area contributed by atoms with Crippen molar-refractivity contribution in [2.75, 3.05) is 51.0 Å². The van der Waals surface area contributed by atoms with Crippen molar-refractivity contribution in [3.8, 4) is 17.2 Å². The van der Waals surface area contributed by atoms with Crippen LogP contribution in [0.25, 0.3) is 0 Å². The normalized spacial score (nSPS) is 17.2. The summed E-state index contributed by atoms with van der Waals surface area (Å²) in [5.41, 5.74) is 2.29. The number of rotatable bonds is 7. The second-order valence-corrected chi connectivity index (χ2v) is 9.02. The van der Waals surface area contributed by atoms with Crippen molar-refractivity contribution >= 4 is 23.3 Å². The zero-order valence-corrected chi connectivity index (χ0v) is 19.8. The van der Waals surface area contributed by atoms with Gasteiger partial charge in [-0.2, -0.15) is 0 Å². The SMILES string of the molecule is CC(=O)c1ccc2c(c1)N(CCCC(=O)N1CCN(Cc3ccc4c(c3)OCO4)CC1)C(=O)CO2. The van der Waals surface area contributed by atoms with Gasteiger partial charge in [-0.1, -0.05) is 6.07 Å². The molecular formula is C26H29N3O6. The van der Waals surface area contributed by atoms with Gasteiger partial charge in [0.05, 0.1) is 5.69 Å². The first kappa shape index (κ1) is 23.2. The summed E-state index contributed by atoms with van der Waals surface area (Å²) >= 11 is 0. The van der Waals surface area contributed by atoms with Crippen molar-refractivity contribution in [3.63, 3.8) is 0 Å². The standard InChI is InChI=1S/C26H29N3O6/c1-18(30)20-5-7-22-21(14-20)29(26(32)16-33-22)8-2-3-25(31)28-11-9-27(10-12-28)15-19-4-6-23-24(13-19)35-17-34-23/h4-7,13-14H,2-3,8-12,15-17H2,1H3. The van der Waals surface area contributed by atoms with Gasteiger partial charge in [-0.05, 0) is 49.2 Å². The first-order valence-corrected chi connectivity index (χ1v) is 11.9. The van der Waals surface area contributed by atoms with Crippen molar-refractivity contribution in [3.05, 3.63) is 47.5 Å². The number of carbonyl (C=O) groups excluding carboxylic acids is 3. The van der Waals surface area contributed by atoms with Crippen LogP contribution in [0.2, 0.25) is 0 Å². The number of piperazine rings is 1. The molecule has 184 valence electrons. The summed E-state index contributed by atoms with van der Waals surface area (Å²) in [5, 5.41) is 0. The largest absolute Gasteiger partial charge is 0.482 e. The van der Waals surface area contributed by atoms with Crippen molar-refractivity contribution in [1.82, 2.24) is 9.80 Å². The van der Waals surface area contributed by atoms with Gasteiger partial charge in [0.2, 0.25) is 12.7 Å². The first-order valence-electron chi connectivity index (χ1n) is 11.9. The van der Waals surface area contributed by atoms with Crippen molar-refractivity contribution < 1.29 is 28.6 Å². The molecule has 5 rings (SSSR count). The Morgan fingerprint density at radius 1 is 0.914 bits per heavy atom. The molecule has 2 amide bonds. The molecule has 0 atom stereocenters. The summed E-state index contributed by atoms with van der Waals surface area (Å²) in [6, 6.07) is 11.1. The van der Waals surface area contributed by atoms with Gasteiger partial charge in [-0.15, -0.1) is 0 Å². The maximum atomic E-state index is 12.8. The minimum absolute atomic E-state index is 0.0360. The molecule has 0 bridgehead atoms. The maximum absolute atomic E-state index is 12.8. The molecule has 0 radical (unpaired) electrons. The van der Waals surface area contributed by atoms with Gasteiger partial charge in [-0.25, -0.2) is 0 Å². The number of nitrogens with zero attached hydrogens (tertiary/aromatic N) is 3. The molecule has 9 nitrogen and oxygen atoms in total. The molecule has 1 saturated heterocycles. The van der Waals surface area contributed by atoms with E-state index in [4.69, 9.17) is 14.2 Å². The summed E-state index contributed by atoms with van der Waals surface area (Å²) in [7, 11) is 0. The highest BCUT2D eigenvalue weighted by Crippen LogP contribution is 2.34. The lowest BCUT2D eigenvalue weighted by Crippen LogP contribution is -2.48. The lowest BCUT2D eigenvalue weighted by Gasteiger charge is -2.35. The molecule has 0 unspecified atom stereocenters. The van der Waals surface area contributed by atoms with Gasteiger partial charge in [0.25, 0.3) is 5.91 Å². The van der Waals surface area contributed by atoms with Crippen LogP contribution in [0.4, 0.5) is 5.69 Å². The molecular weight excluding hydrogens is 450 g/mol. The number of benzene rings is 2. The number of Topliss-reactive ketones (excluding diaryl/α,β-unsaturated/α-hetero) is 1. The van der Waals surface area contributed by atoms with E-state index < -0.39 is 0 Å². The Balaban J connectivity index is 1.10. The number of hydrogen-bond acceptors (Lipinski definition) is 7. The Kier molecular flexibility index (Phi) is 6.59. The average molecular weight is 480 g/mol. The van der Waals surface area contributed by atoms with Gasteiger partial charge < -0.3 is 24.0 Å². The molecule has 9 heteroatoms. The van der Waals surface area contributed by atoms with Crippen LogP contribution in [0.15, 0.2) is 36.4 Å². The molecule has 3 aliphatic rings. The zero-order valence-electron chi connectivity index (χ0n) is 19.8. The minimum atomic E-state index is -0.164. The predicted octanol–water partition coefficient (Wildman–Crippen LogP) is 2.47. The number of fused-ring (bicyclic) bond motifs is 2. The molecule has 0 aliphatic carbocycles. The Labute approximate surface area is 204 Å². The summed E-state index contributed by atoms with van der Waals surface area (Å²) < 4.78 is 16.3. The van der Waals surface area contributed by atoms with Crippen LogP contribution in [-0.4, -0.2) is 73.5 Å². The monoisotopic (exact) mass is 479 g/mol. The highest BCUT2D eigenvalue weighted by Gasteiger charge is 2.27. The molecule has 0 spiro atoms. The second-order valence-electron chi connectivity index (χ2n) is 9.02. The highest BCUT2D eigenvalue weighted by atomic mass is 16.7. The van der Waals surface area contributed by atoms with Crippen LogP contribution in [0, 0.1) is 0 Å². The lowest BCUT2D eigenvalue weighted by molar-refractivity contribution is -0.133. The Hall–Kier alpha value is -3.59. The van der Waals surface area contributed by atoms with Crippen molar-refractivity contribution in [1.29, 1.82) is 0 Å². The van der Waals surface area contributed by atoms with Crippen LogP contribution in [0.5, 0.6) is 17.2 Å². The Morgan fingerprint density at radius 2 is 1.69 bits per heavy atom. The fourth-order valence-corrected chi connectivity index (χ4v) is 4.67. The quantitative estimate of drug-likeness (QED) is 0.564. The van der Waals surface area contributed by atoms with Crippen molar-refractivity contribution in [2.24, 2.45) is 0 Å². The van der Waals surface area contributed by atoms with Gasteiger partial charge >= 0.3 is 0 Å². The van der Waals surface area contributed by atoms with E-state index in [0.717, 1.165) is 36.7 Å². The third-order valence-corrected chi connectivity index (χ3v) is 6.65. The van der Waals surface area contributed by atoms with Gasteiger partial charge in [0, 0.05) is 51.3 Å². The summed E-state index contributed by atoms with van der Waals surface area (Å²) in [5.74, 6) is 2.02. The molecule has 2 aromatic rings. The lowest BCUT2D eigenvalue weighted by atomic mass is 10.1. The average Bonchev–Trinajstić information content (AvgIpc) is 3.33. The number of carbonyl (C=O) groups is 3. The molecule has 2 aromatic carbocycles. The number of ether oxygens (including phenoxy) is 3. The van der Waals surface area contributed by atoms with E-state index in [0.29, 0.717) is 49.5 Å². The van der Waals surface area contributed by atoms with E-state index >= 15 is 0 Å². The van der Waals surface area contributed by atoms with E-state index in [-0.39, 0.29) is 31.0 Å². The third kappa shape index (κ3) is 5.09. The number of hydrogen-bond donors (Lipinski definition) is 0. The van der Waals surface area contributed by atoms with E-state index in [1.54, 1.807) is 23.1 Å². The van der Waals surface area contributed by atoms with E-state index in [2.05, 4.69) is 11.0 Å². The third-order valence-electron chi connectivity index (χ3n) is 6.65. The zero-order chi connectivity index (χ0) is 24.4. The maximum Gasteiger partial charge on any atom is 0.265 e. The van der Waals surface area contributed by atoms with Crippen LogP contribution in [0.3, 0.4) is 0 Å². The summed E-state index contributed by atoms with van der Waals surface area (Å²) in [6.45, 7) is 5.93. The van der Waals surface area contributed by atoms with E-state index in [9.17, 15) is 14.4 Å². The predicted molar refractivity (Wildman–Crippen MR) is 128 cm³/mol. The molecule has 1 fully saturated rings. The minimum Gasteiger partial charge on any atom is -0.482 e. The fraction of sp³-hybridized carbons (Fsp3) is 0.423. The van der Waals surface area contributed by atoms with E-state index in [1.165, 1.54) is 6.92 Å². The Morgan fingerprint density at radius 3 is 2.49 bits per heavy atom. The number of amides is 2. The molecule has 3 heterocycles. The molecule has 0 saturated carbocycles. The second kappa shape index (κ2) is 9.95. The van der Waals surface area contributed by atoms with Crippen LogP contribution >= 0.6 is 0 Å². The molecule has 0 aromatic heterocycles. The molecule has 0 N–H and O–H groups in total. The topological polar surface area (TPSA) is 88.6 Å². The molecule has 35 heavy (non-hydrogen) atoms. The van der Waals surface area contributed by atoms with Crippen LogP contribution < -0.4 is 19.1 Å². The summed E-state index contributed by atoms with van der Waals surface area (Å²) in [6.07, 6.45) is 0.917. The van der Waals surface area contributed by atoms with Crippen molar-refractivity contribution in [2.45, 2.75) is 26.3 Å². The number of anilines is 1. The van der Waals surface area contributed by atoms with Gasteiger partial charge in [-0.3, -0.25) is 19.3 Å². The fourth-order valence-electron chi connectivity index (χ4n) is 4.67. The van der Waals surface area contributed by atoms with Crippen LogP contribution in [-0.2, 0) is 16.1 Å². The van der Waals surface area contributed by atoms with E-state index in [1.807, 2.05) is 17.0 Å². The van der Waals surface area contributed by atoms with Gasteiger partial charge in [0.15, 0.2) is 23.9 Å². The highest BCUT2D eigenvalue weighted by molar-refractivity contribution is 6.01. The first-order chi connectivity index (χ1) is 17.0. The van der Waals surface area contributed by atoms with Gasteiger partial charge in [0.1, 0.15) is 5.75 Å². The smallest absolute Gasteiger partial charge is 0.265 e. The molecule has 3 aliphatic heterocycles. The Bertz CT molecular complexity index is 1140. The van der Waals surface area contributed by atoms with Crippen LogP contribution in [0.1, 0.15) is 35.7 Å². The summed E-state index contributed by atoms with van der Waals surface area (Å²) in [4.78, 5) is 42.9.